The van der Waals surface area contributed by atoms with Crippen molar-refractivity contribution in [3.63, 3.8) is 0 Å². The van der Waals surface area contributed by atoms with E-state index in [0.29, 0.717) is 5.56 Å². The Kier molecular flexibility index (Phi) is 5.09. The van der Waals surface area contributed by atoms with Crippen molar-refractivity contribution in [3.05, 3.63) is 71.8 Å². The Labute approximate surface area is 153 Å². The Hall–Kier alpha value is -2.66. The van der Waals surface area contributed by atoms with E-state index in [9.17, 15) is 9.59 Å². The summed E-state index contributed by atoms with van der Waals surface area (Å²) in [6.45, 7) is 5.60. The quantitative estimate of drug-likeness (QED) is 0.789. The van der Waals surface area contributed by atoms with Crippen molar-refractivity contribution in [2.45, 2.75) is 38.6 Å². The molecule has 1 aliphatic heterocycles. The van der Waals surface area contributed by atoms with E-state index in [1.807, 2.05) is 48.5 Å². The average molecular weight is 353 g/mol. The summed E-state index contributed by atoms with van der Waals surface area (Å²) in [5.74, 6) is -0.644. The highest BCUT2D eigenvalue weighted by molar-refractivity contribution is 5.95. The van der Waals surface area contributed by atoms with Gasteiger partial charge in [-0.25, -0.2) is 4.79 Å². The van der Waals surface area contributed by atoms with Crippen LogP contribution >= 0.6 is 0 Å². The molecule has 2 aromatic rings. The van der Waals surface area contributed by atoms with Crippen molar-refractivity contribution < 1.29 is 19.1 Å². The van der Waals surface area contributed by atoms with Crippen LogP contribution in [0.2, 0.25) is 0 Å². The number of esters is 1. The molecule has 2 atom stereocenters. The summed E-state index contributed by atoms with van der Waals surface area (Å²) in [7, 11) is 0. The third-order valence-corrected chi connectivity index (χ3v) is 4.46. The maximum absolute atomic E-state index is 13.3. The molecule has 1 saturated heterocycles. The SMILES string of the molecule is CCOC(=O)[C@@H]1OC(C)(C)N(C(=O)c2ccccc2)[C@@H]1c1ccccc1. The lowest BCUT2D eigenvalue weighted by Gasteiger charge is -2.34. The van der Waals surface area contributed by atoms with E-state index < -0.39 is 23.8 Å². The summed E-state index contributed by atoms with van der Waals surface area (Å²) in [5, 5.41) is 0. The van der Waals surface area contributed by atoms with Crippen LogP contribution in [0.3, 0.4) is 0 Å². The Morgan fingerprint density at radius 2 is 1.62 bits per heavy atom. The van der Waals surface area contributed by atoms with Crippen LogP contribution in [0.1, 0.15) is 42.7 Å². The van der Waals surface area contributed by atoms with E-state index in [0.717, 1.165) is 5.56 Å². The highest BCUT2D eigenvalue weighted by Gasteiger charge is 2.53. The number of hydrogen-bond acceptors (Lipinski definition) is 4. The zero-order chi connectivity index (χ0) is 18.7. The summed E-state index contributed by atoms with van der Waals surface area (Å²) in [4.78, 5) is 27.4. The molecule has 0 saturated carbocycles. The second-order valence-electron chi connectivity index (χ2n) is 6.63. The molecule has 0 unspecified atom stereocenters. The first-order valence-electron chi connectivity index (χ1n) is 8.74. The largest absolute Gasteiger partial charge is 0.464 e. The minimum Gasteiger partial charge on any atom is -0.464 e. The first-order valence-corrected chi connectivity index (χ1v) is 8.74. The number of carbonyl (C=O) groups is 2. The highest BCUT2D eigenvalue weighted by atomic mass is 16.6. The molecule has 136 valence electrons. The molecule has 0 spiro atoms. The third-order valence-electron chi connectivity index (χ3n) is 4.46. The van der Waals surface area contributed by atoms with Crippen LogP contribution in [0.5, 0.6) is 0 Å². The van der Waals surface area contributed by atoms with Gasteiger partial charge >= 0.3 is 5.97 Å². The standard InChI is InChI=1S/C21H23NO4/c1-4-25-20(24)18-17(15-11-7-5-8-12-15)22(21(2,3)26-18)19(23)16-13-9-6-10-14-16/h5-14,17-18H,4H2,1-3H3/t17-,18-/m1/s1. The number of benzene rings is 2. The summed E-state index contributed by atoms with van der Waals surface area (Å²) in [5.41, 5.74) is 0.431. The van der Waals surface area contributed by atoms with Crippen LogP contribution in [0.4, 0.5) is 0 Å². The third kappa shape index (κ3) is 3.35. The molecule has 1 fully saturated rings. The van der Waals surface area contributed by atoms with E-state index in [1.165, 1.54) is 0 Å². The first kappa shape index (κ1) is 18.1. The van der Waals surface area contributed by atoms with Gasteiger partial charge in [-0.1, -0.05) is 48.5 Å². The molecule has 0 bridgehead atoms. The summed E-state index contributed by atoms with van der Waals surface area (Å²) < 4.78 is 11.2. The monoisotopic (exact) mass is 353 g/mol. The van der Waals surface area contributed by atoms with Gasteiger partial charge in [0.15, 0.2) is 6.10 Å². The van der Waals surface area contributed by atoms with Gasteiger partial charge in [-0.3, -0.25) is 4.79 Å². The second-order valence-corrected chi connectivity index (χ2v) is 6.63. The summed E-state index contributed by atoms with van der Waals surface area (Å²) >= 11 is 0. The lowest BCUT2D eigenvalue weighted by atomic mass is 9.98. The van der Waals surface area contributed by atoms with Crippen molar-refractivity contribution >= 4 is 11.9 Å². The van der Waals surface area contributed by atoms with Crippen molar-refractivity contribution in [1.82, 2.24) is 4.90 Å². The molecule has 1 amide bonds. The second kappa shape index (κ2) is 7.30. The fourth-order valence-electron chi connectivity index (χ4n) is 3.37. The summed E-state index contributed by atoms with van der Waals surface area (Å²) in [6.07, 6.45) is -0.875. The van der Waals surface area contributed by atoms with E-state index in [1.54, 1.807) is 37.8 Å². The molecule has 0 aliphatic carbocycles. The van der Waals surface area contributed by atoms with Gasteiger partial charge in [0.05, 0.1) is 12.6 Å². The van der Waals surface area contributed by atoms with Gasteiger partial charge in [0.1, 0.15) is 5.72 Å². The molecule has 3 rings (SSSR count). The number of nitrogens with zero attached hydrogens (tertiary/aromatic N) is 1. The number of amides is 1. The van der Waals surface area contributed by atoms with Crippen molar-refractivity contribution in [2.24, 2.45) is 0 Å². The number of hydrogen-bond donors (Lipinski definition) is 0. The van der Waals surface area contributed by atoms with Gasteiger partial charge in [-0.05, 0) is 38.5 Å². The van der Waals surface area contributed by atoms with Gasteiger partial charge in [0.2, 0.25) is 0 Å². The number of rotatable bonds is 4. The number of ether oxygens (including phenoxy) is 2. The van der Waals surface area contributed by atoms with Crippen LogP contribution in [0.25, 0.3) is 0 Å². The van der Waals surface area contributed by atoms with Crippen molar-refractivity contribution in [3.8, 4) is 0 Å². The molecule has 0 radical (unpaired) electrons. The zero-order valence-corrected chi connectivity index (χ0v) is 15.2. The lowest BCUT2D eigenvalue weighted by molar-refractivity contribution is -0.160. The fraction of sp³-hybridized carbons (Fsp3) is 0.333. The molecular formula is C21H23NO4. The average Bonchev–Trinajstić information content (AvgIpc) is 2.94. The van der Waals surface area contributed by atoms with Gasteiger partial charge in [-0.2, -0.15) is 0 Å². The summed E-state index contributed by atoms with van der Waals surface area (Å²) in [6, 6.07) is 17.9. The Morgan fingerprint density at radius 1 is 1.04 bits per heavy atom. The van der Waals surface area contributed by atoms with Crippen LogP contribution in [0.15, 0.2) is 60.7 Å². The molecule has 0 N–H and O–H groups in total. The van der Waals surface area contributed by atoms with E-state index in [2.05, 4.69) is 0 Å². The van der Waals surface area contributed by atoms with Crippen LogP contribution in [-0.4, -0.2) is 35.2 Å². The predicted molar refractivity (Wildman–Crippen MR) is 97.4 cm³/mol. The van der Waals surface area contributed by atoms with Gasteiger partial charge in [-0.15, -0.1) is 0 Å². The molecule has 0 aromatic heterocycles. The van der Waals surface area contributed by atoms with Crippen LogP contribution in [-0.2, 0) is 14.3 Å². The molecule has 5 nitrogen and oxygen atoms in total. The smallest absolute Gasteiger partial charge is 0.337 e. The minimum absolute atomic E-state index is 0.184. The molecule has 1 aliphatic rings. The molecule has 26 heavy (non-hydrogen) atoms. The Bertz CT molecular complexity index is 773. The number of carbonyl (C=O) groups excluding carboxylic acids is 2. The van der Waals surface area contributed by atoms with Gasteiger partial charge < -0.3 is 14.4 Å². The van der Waals surface area contributed by atoms with Gasteiger partial charge in [0, 0.05) is 5.56 Å². The minimum atomic E-state index is -0.954. The predicted octanol–water partition coefficient (Wildman–Crippen LogP) is 3.57. The molecule has 1 heterocycles. The molecular weight excluding hydrogens is 330 g/mol. The van der Waals surface area contributed by atoms with E-state index in [4.69, 9.17) is 9.47 Å². The topological polar surface area (TPSA) is 55.8 Å². The van der Waals surface area contributed by atoms with Crippen molar-refractivity contribution in [2.75, 3.05) is 6.61 Å². The maximum Gasteiger partial charge on any atom is 0.337 e. The van der Waals surface area contributed by atoms with Crippen LogP contribution in [0, 0.1) is 0 Å². The highest BCUT2D eigenvalue weighted by Crippen LogP contribution is 2.43. The van der Waals surface area contributed by atoms with Gasteiger partial charge in [0.25, 0.3) is 5.91 Å². The maximum atomic E-state index is 13.3. The fourth-order valence-corrected chi connectivity index (χ4v) is 3.37. The normalized spacial score (nSPS) is 21.4. The zero-order valence-electron chi connectivity index (χ0n) is 15.2. The Balaban J connectivity index is 2.06. The lowest BCUT2D eigenvalue weighted by Crippen LogP contribution is -2.45. The van der Waals surface area contributed by atoms with E-state index in [-0.39, 0.29) is 12.5 Å². The molecule has 5 heteroatoms. The van der Waals surface area contributed by atoms with Crippen LogP contribution < -0.4 is 0 Å². The Morgan fingerprint density at radius 3 is 2.19 bits per heavy atom. The molecule has 2 aromatic carbocycles. The van der Waals surface area contributed by atoms with Crippen molar-refractivity contribution in [1.29, 1.82) is 0 Å². The first-order chi connectivity index (χ1) is 12.5. The van der Waals surface area contributed by atoms with E-state index >= 15 is 0 Å².